The second-order valence-corrected chi connectivity index (χ2v) is 5.15. The Morgan fingerprint density at radius 2 is 1.86 bits per heavy atom. The Balaban J connectivity index is 2.01. The number of halogens is 1. The number of carbonyl (C=O) groups is 2. The maximum absolute atomic E-state index is 14.4. The van der Waals surface area contributed by atoms with Gasteiger partial charge in [-0.05, 0) is 19.1 Å². The number of hydrogen-bond acceptors (Lipinski definition) is 6. The maximum atomic E-state index is 14.4. The number of alkyl halides is 1. The maximum Gasteiger partial charge on any atom is 0.339 e. The van der Waals surface area contributed by atoms with Crippen LogP contribution in [0.25, 0.3) is 0 Å². The summed E-state index contributed by atoms with van der Waals surface area (Å²) >= 11 is 0. The minimum atomic E-state index is -2.29. The van der Waals surface area contributed by atoms with Gasteiger partial charge in [0, 0.05) is 0 Å². The van der Waals surface area contributed by atoms with Crippen LogP contribution >= 0.6 is 0 Å². The van der Waals surface area contributed by atoms with Crippen molar-refractivity contribution in [3.05, 3.63) is 35.4 Å². The van der Waals surface area contributed by atoms with Crippen LogP contribution in [0.4, 0.5) is 4.39 Å². The van der Waals surface area contributed by atoms with Gasteiger partial charge in [0.05, 0.1) is 11.1 Å². The second kappa shape index (κ2) is 4.78. The van der Waals surface area contributed by atoms with Crippen LogP contribution in [0.5, 0.6) is 0 Å². The summed E-state index contributed by atoms with van der Waals surface area (Å²) in [7, 11) is 0. The molecular weight excluding hydrogens is 283 g/mol. The van der Waals surface area contributed by atoms with Gasteiger partial charge in [-0.1, -0.05) is 12.1 Å². The van der Waals surface area contributed by atoms with Crippen LogP contribution < -0.4 is 0 Å². The summed E-state index contributed by atoms with van der Waals surface area (Å²) < 4.78 is 29.6. The van der Waals surface area contributed by atoms with Gasteiger partial charge in [-0.25, -0.2) is 14.0 Å². The van der Waals surface area contributed by atoms with E-state index in [0.29, 0.717) is 0 Å². The van der Waals surface area contributed by atoms with Gasteiger partial charge in [-0.3, -0.25) is 0 Å². The van der Waals surface area contributed by atoms with Gasteiger partial charge in [-0.2, -0.15) is 0 Å². The van der Waals surface area contributed by atoms with E-state index in [1.165, 1.54) is 12.1 Å². The van der Waals surface area contributed by atoms with E-state index in [-0.39, 0.29) is 17.7 Å². The summed E-state index contributed by atoms with van der Waals surface area (Å²) in [5.74, 6) is -1.59. The van der Waals surface area contributed by atoms with Crippen LogP contribution in [-0.4, -0.2) is 47.8 Å². The molecule has 2 aliphatic heterocycles. The Morgan fingerprint density at radius 3 is 2.52 bits per heavy atom. The molecule has 6 nitrogen and oxygen atoms in total. The lowest BCUT2D eigenvalue weighted by Crippen LogP contribution is -2.45. The molecule has 0 radical (unpaired) electrons. The van der Waals surface area contributed by atoms with Gasteiger partial charge in [0.15, 0.2) is 18.1 Å². The first kappa shape index (κ1) is 14.0. The average molecular weight is 296 g/mol. The molecule has 0 unspecified atom stereocenters. The quantitative estimate of drug-likeness (QED) is 0.714. The van der Waals surface area contributed by atoms with Crippen LogP contribution in [0.3, 0.4) is 0 Å². The van der Waals surface area contributed by atoms with E-state index < -0.39 is 36.1 Å². The van der Waals surface area contributed by atoms with E-state index in [2.05, 4.69) is 0 Å². The molecule has 4 atom stereocenters. The Kier molecular flexibility index (Phi) is 3.18. The summed E-state index contributed by atoms with van der Waals surface area (Å²) in [5, 5.41) is 9.56. The monoisotopic (exact) mass is 296 g/mol. The first-order valence-electron chi connectivity index (χ1n) is 6.41. The van der Waals surface area contributed by atoms with Crippen molar-refractivity contribution in [2.45, 2.75) is 31.1 Å². The molecule has 3 rings (SSSR count). The zero-order chi connectivity index (χ0) is 15.2. The molecule has 7 heteroatoms. The number of esters is 2. The highest BCUT2D eigenvalue weighted by molar-refractivity contribution is 6.03. The molecule has 1 aromatic carbocycles. The summed E-state index contributed by atoms with van der Waals surface area (Å²) in [6, 6.07) is 5.94. The van der Waals surface area contributed by atoms with Crippen LogP contribution in [0.15, 0.2) is 24.3 Å². The molecule has 0 saturated carbocycles. The highest BCUT2D eigenvalue weighted by Gasteiger charge is 2.57. The molecule has 0 amide bonds. The predicted molar refractivity (Wildman–Crippen MR) is 66.3 cm³/mol. The van der Waals surface area contributed by atoms with E-state index >= 15 is 0 Å². The summed E-state index contributed by atoms with van der Waals surface area (Å²) in [6.45, 7) is 0.753. The lowest BCUT2D eigenvalue weighted by atomic mass is 9.99. The van der Waals surface area contributed by atoms with Gasteiger partial charge in [0.1, 0.15) is 12.7 Å². The number of rotatable bonds is 0. The van der Waals surface area contributed by atoms with Crippen molar-refractivity contribution in [3.8, 4) is 0 Å². The topological polar surface area (TPSA) is 82.1 Å². The summed E-state index contributed by atoms with van der Waals surface area (Å²) in [4.78, 5) is 24.1. The van der Waals surface area contributed by atoms with E-state index in [1.807, 2.05) is 0 Å². The van der Waals surface area contributed by atoms with Crippen LogP contribution in [0.1, 0.15) is 27.6 Å². The molecule has 2 aliphatic rings. The lowest BCUT2D eigenvalue weighted by molar-refractivity contribution is -0.144. The SMILES string of the molecule is C[C@]1(F)[C@H](O)O[C@@H]2COC(=O)c3ccccc3C(=O)O[C@H]21. The number of aliphatic hydroxyl groups is 1. The molecule has 1 saturated heterocycles. The third-order valence-corrected chi connectivity index (χ3v) is 3.66. The zero-order valence-electron chi connectivity index (χ0n) is 11.1. The number of ether oxygens (including phenoxy) is 3. The largest absolute Gasteiger partial charge is 0.459 e. The van der Waals surface area contributed by atoms with Gasteiger partial charge in [0.25, 0.3) is 0 Å². The van der Waals surface area contributed by atoms with E-state index in [1.54, 1.807) is 12.1 Å². The van der Waals surface area contributed by atoms with Crippen molar-refractivity contribution in [2.24, 2.45) is 0 Å². The average Bonchev–Trinajstić information content (AvgIpc) is 2.69. The molecule has 0 bridgehead atoms. The van der Waals surface area contributed by atoms with Crippen LogP contribution in [0, 0.1) is 0 Å². The molecule has 1 aromatic rings. The van der Waals surface area contributed by atoms with Crippen molar-refractivity contribution < 1.29 is 33.3 Å². The van der Waals surface area contributed by atoms with E-state index in [0.717, 1.165) is 6.92 Å². The van der Waals surface area contributed by atoms with Crippen molar-refractivity contribution in [3.63, 3.8) is 0 Å². The highest BCUT2D eigenvalue weighted by atomic mass is 19.1. The number of carbonyl (C=O) groups excluding carboxylic acids is 2. The van der Waals surface area contributed by atoms with Gasteiger partial charge >= 0.3 is 11.9 Å². The predicted octanol–water partition coefficient (Wildman–Crippen LogP) is 0.828. The number of hydrogen-bond donors (Lipinski definition) is 1. The standard InChI is InChI=1S/C14H13FO6/c1-14(15)10-9(20-13(14)18)6-19-11(16)7-4-2-3-5-8(7)12(17)21-10/h2-5,9-10,13,18H,6H2,1H3/t9-,10-,13-,14-/m1/s1. The van der Waals surface area contributed by atoms with Crippen molar-refractivity contribution in [1.82, 2.24) is 0 Å². The van der Waals surface area contributed by atoms with Crippen LogP contribution in [-0.2, 0) is 14.2 Å². The Hall–Kier alpha value is -1.99. The van der Waals surface area contributed by atoms with Gasteiger partial charge in [-0.15, -0.1) is 0 Å². The molecule has 0 aromatic heterocycles. The van der Waals surface area contributed by atoms with Crippen LogP contribution in [0.2, 0.25) is 0 Å². The van der Waals surface area contributed by atoms with Crippen molar-refractivity contribution in [2.75, 3.05) is 6.61 Å². The minimum absolute atomic E-state index is 0.0136. The zero-order valence-corrected chi connectivity index (χ0v) is 11.1. The highest BCUT2D eigenvalue weighted by Crippen LogP contribution is 2.36. The van der Waals surface area contributed by atoms with Gasteiger partial charge < -0.3 is 19.3 Å². The van der Waals surface area contributed by atoms with Crippen molar-refractivity contribution in [1.29, 1.82) is 0 Å². The summed E-state index contributed by atoms with van der Waals surface area (Å²) in [6.07, 6.45) is -4.18. The van der Waals surface area contributed by atoms with E-state index in [4.69, 9.17) is 14.2 Å². The first-order chi connectivity index (χ1) is 9.91. The fraction of sp³-hybridized carbons (Fsp3) is 0.429. The fourth-order valence-corrected chi connectivity index (χ4v) is 2.45. The Morgan fingerprint density at radius 1 is 1.24 bits per heavy atom. The molecule has 1 N–H and O–H groups in total. The molecule has 21 heavy (non-hydrogen) atoms. The lowest BCUT2D eigenvalue weighted by Gasteiger charge is -2.24. The second-order valence-electron chi connectivity index (χ2n) is 5.15. The number of cyclic esters (lactones) is 1. The molecule has 2 heterocycles. The molecular formula is C14H13FO6. The van der Waals surface area contributed by atoms with Crippen molar-refractivity contribution >= 4 is 11.9 Å². The number of aliphatic hydroxyl groups excluding tert-OH is 1. The third-order valence-electron chi connectivity index (χ3n) is 3.66. The Bertz CT molecular complexity index is 599. The molecule has 0 spiro atoms. The first-order valence-corrected chi connectivity index (χ1v) is 6.41. The summed E-state index contributed by atoms with van der Waals surface area (Å²) in [5.41, 5.74) is -2.25. The molecule has 112 valence electrons. The Labute approximate surface area is 119 Å². The van der Waals surface area contributed by atoms with E-state index in [9.17, 15) is 19.1 Å². The fourth-order valence-electron chi connectivity index (χ4n) is 2.45. The number of benzene rings is 1. The number of fused-ring (bicyclic) bond motifs is 2. The third kappa shape index (κ3) is 2.18. The smallest absolute Gasteiger partial charge is 0.339 e. The molecule has 1 fully saturated rings. The minimum Gasteiger partial charge on any atom is -0.459 e. The van der Waals surface area contributed by atoms with Gasteiger partial charge in [0.2, 0.25) is 0 Å². The normalized spacial score (nSPS) is 35.7. The molecule has 0 aliphatic carbocycles.